The molecule has 2 aromatic carbocycles. The SMILES string of the molecule is Cc1ccc(S(=O)(=O)N(C)C)cc1NC(=O)Cn1cnc2ccccc2c1=O. The van der Waals surface area contributed by atoms with Gasteiger partial charge in [-0.05, 0) is 36.8 Å². The number of fused-ring (bicyclic) bond motifs is 1. The summed E-state index contributed by atoms with van der Waals surface area (Å²) in [4.78, 5) is 29.2. The van der Waals surface area contributed by atoms with E-state index < -0.39 is 15.9 Å². The standard InChI is InChI=1S/C19H20N4O4S/c1-13-8-9-14(28(26,27)22(2)3)10-17(13)21-18(24)11-23-12-20-16-7-5-4-6-15(16)19(23)25/h4-10,12H,11H2,1-3H3,(H,21,24). The molecule has 1 N–H and O–H groups in total. The number of hydrogen-bond donors (Lipinski definition) is 1. The number of amides is 1. The summed E-state index contributed by atoms with van der Waals surface area (Å²) in [6, 6.07) is 11.4. The Labute approximate surface area is 162 Å². The zero-order valence-corrected chi connectivity index (χ0v) is 16.5. The van der Waals surface area contributed by atoms with Crippen molar-refractivity contribution < 1.29 is 13.2 Å². The van der Waals surface area contributed by atoms with E-state index >= 15 is 0 Å². The molecule has 1 heterocycles. The zero-order chi connectivity index (χ0) is 20.5. The van der Waals surface area contributed by atoms with Gasteiger partial charge in [0.15, 0.2) is 0 Å². The zero-order valence-electron chi connectivity index (χ0n) is 15.7. The summed E-state index contributed by atoms with van der Waals surface area (Å²) in [5, 5.41) is 3.10. The first-order valence-corrected chi connectivity index (χ1v) is 9.91. The van der Waals surface area contributed by atoms with Gasteiger partial charge in [0.25, 0.3) is 5.56 Å². The van der Waals surface area contributed by atoms with Crippen molar-refractivity contribution in [1.29, 1.82) is 0 Å². The first-order chi connectivity index (χ1) is 13.2. The van der Waals surface area contributed by atoms with Crippen molar-refractivity contribution in [3.63, 3.8) is 0 Å². The van der Waals surface area contributed by atoms with Gasteiger partial charge < -0.3 is 5.32 Å². The molecular weight excluding hydrogens is 380 g/mol. The molecule has 3 rings (SSSR count). The van der Waals surface area contributed by atoms with Crippen LogP contribution in [0.15, 0.2) is 58.5 Å². The molecular formula is C19H20N4O4S. The van der Waals surface area contributed by atoms with Crippen LogP contribution in [0.4, 0.5) is 5.69 Å². The maximum atomic E-state index is 12.5. The molecule has 1 aromatic heterocycles. The number of nitrogens with zero attached hydrogens (tertiary/aromatic N) is 3. The predicted octanol–water partition coefficient (Wildman–Crippen LogP) is 1.59. The van der Waals surface area contributed by atoms with Crippen LogP contribution in [0, 0.1) is 6.92 Å². The number of anilines is 1. The van der Waals surface area contributed by atoms with Crippen LogP contribution in [0.5, 0.6) is 0 Å². The molecule has 0 bridgehead atoms. The number of benzene rings is 2. The molecule has 146 valence electrons. The fraction of sp³-hybridized carbons (Fsp3) is 0.211. The van der Waals surface area contributed by atoms with Gasteiger partial charge in [-0.25, -0.2) is 17.7 Å². The van der Waals surface area contributed by atoms with Crippen LogP contribution in [0.3, 0.4) is 0 Å². The van der Waals surface area contributed by atoms with Crippen LogP contribution < -0.4 is 10.9 Å². The molecule has 9 heteroatoms. The minimum atomic E-state index is -3.63. The molecule has 0 aliphatic carbocycles. The van der Waals surface area contributed by atoms with E-state index in [0.29, 0.717) is 22.2 Å². The molecule has 0 atom stereocenters. The lowest BCUT2D eigenvalue weighted by molar-refractivity contribution is -0.116. The molecule has 0 radical (unpaired) electrons. The number of aromatic nitrogens is 2. The van der Waals surface area contributed by atoms with Crippen molar-refractivity contribution in [2.75, 3.05) is 19.4 Å². The number of hydrogen-bond acceptors (Lipinski definition) is 5. The van der Waals surface area contributed by atoms with Gasteiger partial charge in [0.2, 0.25) is 15.9 Å². The van der Waals surface area contributed by atoms with Gasteiger partial charge in [0.1, 0.15) is 6.54 Å². The Balaban J connectivity index is 1.86. The molecule has 0 saturated heterocycles. The fourth-order valence-corrected chi connectivity index (χ4v) is 3.60. The third kappa shape index (κ3) is 3.80. The molecule has 0 aliphatic rings. The Kier molecular flexibility index (Phi) is 5.30. The van der Waals surface area contributed by atoms with Gasteiger partial charge in [-0.3, -0.25) is 14.2 Å². The van der Waals surface area contributed by atoms with Crippen molar-refractivity contribution in [3.8, 4) is 0 Å². The number of para-hydroxylation sites is 1. The Morgan fingerprint density at radius 3 is 2.61 bits per heavy atom. The largest absolute Gasteiger partial charge is 0.324 e. The summed E-state index contributed by atoms with van der Waals surface area (Å²) in [5.41, 5.74) is 1.31. The van der Waals surface area contributed by atoms with E-state index in [4.69, 9.17) is 0 Å². The molecule has 8 nitrogen and oxygen atoms in total. The lowest BCUT2D eigenvalue weighted by Gasteiger charge is -2.14. The average molecular weight is 400 g/mol. The molecule has 0 spiro atoms. The van der Waals surface area contributed by atoms with E-state index in [1.54, 1.807) is 37.3 Å². The van der Waals surface area contributed by atoms with Crippen LogP contribution >= 0.6 is 0 Å². The maximum absolute atomic E-state index is 12.5. The molecule has 28 heavy (non-hydrogen) atoms. The minimum Gasteiger partial charge on any atom is -0.324 e. The second-order valence-corrected chi connectivity index (χ2v) is 8.66. The highest BCUT2D eigenvalue weighted by atomic mass is 32.2. The Hall–Kier alpha value is -3.04. The van der Waals surface area contributed by atoms with E-state index in [-0.39, 0.29) is 17.0 Å². The second kappa shape index (κ2) is 7.53. The highest BCUT2D eigenvalue weighted by molar-refractivity contribution is 7.89. The second-order valence-electron chi connectivity index (χ2n) is 6.51. The normalized spacial score (nSPS) is 11.7. The van der Waals surface area contributed by atoms with E-state index in [1.165, 1.54) is 37.1 Å². The fourth-order valence-electron chi connectivity index (χ4n) is 2.67. The van der Waals surface area contributed by atoms with Crippen LogP contribution in [0.1, 0.15) is 5.56 Å². The monoisotopic (exact) mass is 400 g/mol. The van der Waals surface area contributed by atoms with Crippen LogP contribution in [-0.4, -0.2) is 42.3 Å². The van der Waals surface area contributed by atoms with Gasteiger partial charge in [0, 0.05) is 19.8 Å². The number of rotatable bonds is 5. The number of nitrogens with one attached hydrogen (secondary N) is 1. The van der Waals surface area contributed by atoms with Crippen LogP contribution in [-0.2, 0) is 21.4 Å². The van der Waals surface area contributed by atoms with Crippen molar-refractivity contribution >= 4 is 32.5 Å². The third-order valence-corrected chi connectivity index (χ3v) is 6.12. The van der Waals surface area contributed by atoms with Crippen molar-refractivity contribution in [2.45, 2.75) is 18.4 Å². The summed E-state index contributed by atoms with van der Waals surface area (Å²) < 4.78 is 26.9. The smallest absolute Gasteiger partial charge is 0.261 e. The van der Waals surface area contributed by atoms with Gasteiger partial charge in [-0.2, -0.15) is 0 Å². The van der Waals surface area contributed by atoms with E-state index in [9.17, 15) is 18.0 Å². The maximum Gasteiger partial charge on any atom is 0.261 e. The number of carbonyl (C=O) groups is 1. The summed E-state index contributed by atoms with van der Waals surface area (Å²) in [5.74, 6) is -0.457. The summed E-state index contributed by atoms with van der Waals surface area (Å²) in [7, 11) is -0.751. The lowest BCUT2D eigenvalue weighted by atomic mass is 10.2. The first kappa shape index (κ1) is 19.7. The highest BCUT2D eigenvalue weighted by Gasteiger charge is 2.19. The molecule has 3 aromatic rings. The van der Waals surface area contributed by atoms with Crippen molar-refractivity contribution in [1.82, 2.24) is 13.9 Å². The summed E-state index contributed by atoms with van der Waals surface area (Å²) in [6.45, 7) is 1.52. The molecule has 0 fully saturated rings. The molecule has 0 aliphatic heterocycles. The Bertz CT molecular complexity index is 1220. The number of carbonyl (C=O) groups excluding carboxylic acids is 1. The van der Waals surface area contributed by atoms with E-state index in [1.807, 2.05) is 0 Å². The quantitative estimate of drug-likeness (QED) is 0.701. The topological polar surface area (TPSA) is 101 Å². The molecule has 1 amide bonds. The first-order valence-electron chi connectivity index (χ1n) is 8.47. The van der Waals surface area contributed by atoms with Crippen molar-refractivity contribution in [3.05, 3.63) is 64.7 Å². The average Bonchev–Trinajstić information content (AvgIpc) is 2.65. The molecule has 0 saturated carbocycles. The predicted molar refractivity (Wildman–Crippen MR) is 107 cm³/mol. The molecule has 0 unspecified atom stereocenters. The van der Waals surface area contributed by atoms with Crippen LogP contribution in [0.25, 0.3) is 10.9 Å². The Morgan fingerprint density at radius 1 is 1.18 bits per heavy atom. The highest BCUT2D eigenvalue weighted by Crippen LogP contribution is 2.22. The van der Waals surface area contributed by atoms with Crippen molar-refractivity contribution in [2.24, 2.45) is 0 Å². The summed E-state index contributed by atoms with van der Waals surface area (Å²) in [6.07, 6.45) is 1.32. The lowest BCUT2D eigenvalue weighted by Crippen LogP contribution is -2.28. The van der Waals surface area contributed by atoms with Gasteiger partial charge in [-0.15, -0.1) is 0 Å². The van der Waals surface area contributed by atoms with E-state index in [0.717, 1.165) is 4.31 Å². The number of sulfonamides is 1. The van der Waals surface area contributed by atoms with Gasteiger partial charge in [0.05, 0.1) is 22.1 Å². The summed E-state index contributed by atoms with van der Waals surface area (Å²) >= 11 is 0. The number of aryl methyl sites for hydroxylation is 1. The Morgan fingerprint density at radius 2 is 1.89 bits per heavy atom. The third-order valence-electron chi connectivity index (χ3n) is 4.31. The minimum absolute atomic E-state index is 0.0722. The van der Waals surface area contributed by atoms with Gasteiger partial charge in [-0.1, -0.05) is 18.2 Å². The van der Waals surface area contributed by atoms with E-state index in [2.05, 4.69) is 10.3 Å². The van der Waals surface area contributed by atoms with Crippen LogP contribution in [0.2, 0.25) is 0 Å². The van der Waals surface area contributed by atoms with Gasteiger partial charge >= 0.3 is 0 Å².